The highest BCUT2D eigenvalue weighted by atomic mass is 16.5. The van der Waals surface area contributed by atoms with E-state index in [2.05, 4.69) is 25.3 Å². The number of nitrogens with one attached hydrogen (secondary N) is 1. The van der Waals surface area contributed by atoms with Crippen molar-refractivity contribution >= 4 is 11.6 Å². The molecule has 0 saturated heterocycles. The molecule has 0 aliphatic heterocycles. The van der Waals surface area contributed by atoms with E-state index >= 15 is 0 Å². The number of aromatic nitrogens is 4. The van der Waals surface area contributed by atoms with E-state index in [0.717, 1.165) is 5.56 Å². The second-order valence-electron chi connectivity index (χ2n) is 8.75. The van der Waals surface area contributed by atoms with Crippen molar-refractivity contribution in [3.05, 3.63) is 108 Å². The van der Waals surface area contributed by atoms with Gasteiger partial charge in [0.15, 0.2) is 5.82 Å². The van der Waals surface area contributed by atoms with E-state index in [9.17, 15) is 4.79 Å². The standard InChI is InChI=1S/C31H27N5O4/c1-4-28-33-19-34-29(36-28)24-11-8-16-32-31(24)40-27-17-21(13-12-20(27)2)30(37)35-25-18-23(14-15-26(25)38-3)39-22-9-6-5-7-10-22/h5-19H,4H2,1-3H3,(H,35,37). The zero-order valence-electron chi connectivity index (χ0n) is 22.3. The first-order valence-corrected chi connectivity index (χ1v) is 12.7. The average Bonchev–Trinajstić information content (AvgIpc) is 2.99. The molecule has 1 amide bonds. The number of aryl methyl sites for hydroxylation is 2. The summed E-state index contributed by atoms with van der Waals surface area (Å²) in [4.78, 5) is 30.7. The fraction of sp³-hybridized carbons (Fsp3) is 0.129. The molecule has 0 bridgehead atoms. The zero-order valence-corrected chi connectivity index (χ0v) is 22.3. The number of carbonyl (C=O) groups is 1. The maximum absolute atomic E-state index is 13.3. The largest absolute Gasteiger partial charge is 0.495 e. The van der Waals surface area contributed by atoms with Crippen LogP contribution in [0.1, 0.15) is 28.7 Å². The van der Waals surface area contributed by atoms with Gasteiger partial charge in [-0.1, -0.05) is 31.2 Å². The summed E-state index contributed by atoms with van der Waals surface area (Å²) in [6, 6.07) is 23.5. The van der Waals surface area contributed by atoms with Gasteiger partial charge in [0.05, 0.1) is 18.4 Å². The molecule has 9 nitrogen and oxygen atoms in total. The molecule has 3 aromatic carbocycles. The van der Waals surface area contributed by atoms with Crippen LogP contribution in [0.5, 0.6) is 28.9 Å². The Labute approximate surface area is 231 Å². The molecule has 0 spiro atoms. The molecule has 0 fully saturated rings. The highest BCUT2D eigenvalue weighted by Crippen LogP contribution is 2.34. The van der Waals surface area contributed by atoms with Crippen molar-refractivity contribution in [3.63, 3.8) is 0 Å². The van der Waals surface area contributed by atoms with Crippen LogP contribution in [0.25, 0.3) is 11.4 Å². The van der Waals surface area contributed by atoms with Crippen molar-refractivity contribution in [1.29, 1.82) is 0 Å². The first kappa shape index (κ1) is 26.3. The quantitative estimate of drug-likeness (QED) is 0.224. The molecule has 5 rings (SSSR count). The van der Waals surface area contributed by atoms with Crippen molar-refractivity contribution in [2.45, 2.75) is 20.3 Å². The van der Waals surface area contributed by atoms with Crippen LogP contribution in [0.4, 0.5) is 5.69 Å². The number of anilines is 1. The molecule has 9 heteroatoms. The minimum absolute atomic E-state index is 0.323. The lowest BCUT2D eigenvalue weighted by molar-refractivity contribution is 0.102. The fourth-order valence-corrected chi connectivity index (χ4v) is 3.90. The Balaban J connectivity index is 1.39. The predicted octanol–water partition coefficient (Wildman–Crippen LogP) is 6.65. The second kappa shape index (κ2) is 12.0. The minimum Gasteiger partial charge on any atom is -0.495 e. The molecule has 0 aliphatic carbocycles. The number of methoxy groups -OCH3 is 1. The van der Waals surface area contributed by atoms with Crippen molar-refractivity contribution < 1.29 is 19.0 Å². The molecule has 0 atom stereocenters. The van der Waals surface area contributed by atoms with E-state index in [1.165, 1.54) is 6.33 Å². The monoisotopic (exact) mass is 533 g/mol. The van der Waals surface area contributed by atoms with Crippen molar-refractivity contribution in [2.24, 2.45) is 0 Å². The Hall–Kier alpha value is -5.31. The van der Waals surface area contributed by atoms with E-state index in [4.69, 9.17) is 14.2 Å². The lowest BCUT2D eigenvalue weighted by atomic mass is 10.1. The lowest BCUT2D eigenvalue weighted by Crippen LogP contribution is -2.13. The number of carbonyl (C=O) groups excluding carboxylic acids is 1. The third-order valence-corrected chi connectivity index (χ3v) is 6.01. The molecular formula is C31H27N5O4. The third kappa shape index (κ3) is 6.05. The molecule has 200 valence electrons. The second-order valence-corrected chi connectivity index (χ2v) is 8.75. The third-order valence-electron chi connectivity index (χ3n) is 6.01. The molecule has 5 aromatic rings. The molecule has 0 unspecified atom stereocenters. The minimum atomic E-state index is -0.341. The van der Waals surface area contributed by atoms with Gasteiger partial charge in [-0.25, -0.2) is 19.9 Å². The zero-order chi connectivity index (χ0) is 27.9. The molecule has 0 aliphatic rings. The summed E-state index contributed by atoms with van der Waals surface area (Å²) >= 11 is 0. The smallest absolute Gasteiger partial charge is 0.255 e. The average molecular weight is 534 g/mol. The van der Waals surface area contributed by atoms with Gasteiger partial charge in [0.25, 0.3) is 5.91 Å². The lowest BCUT2D eigenvalue weighted by Gasteiger charge is -2.14. The first-order chi connectivity index (χ1) is 19.5. The van der Waals surface area contributed by atoms with Gasteiger partial charge in [0, 0.05) is 24.2 Å². The van der Waals surface area contributed by atoms with Crippen LogP contribution in [-0.4, -0.2) is 33.0 Å². The van der Waals surface area contributed by atoms with Gasteiger partial charge in [0.1, 0.15) is 35.1 Å². The van der Waals surface area contributed by atoms with E-state index < -0.39 is 0 Å². The highest BCUT2D eigenvalue weighted by Gasteiger charge is 2.16. The Bertz CT molecular complexity index is 1640. The van der Waals surface area contributed by atoms with Crippen LogP contribution >= 0.6 is 0 Å². The Morgan fingerprint density at radius 3 is 2.50 bits per heavy atom. The summed E-state index contributed by atoms with van der Waals surface area (Å²) < 4.78 is 17.6. The highest BCUT2D eigenvalue weighted by molar-refractivity contribution is 6.05. The Morgan fingerprint density at radius 2 is 1.70 bits per heavy atom. The molecule has 0 radical (unpaired) electrons. The van der Waals surface area contributed by atoms with E-state index in [1.807, 2.05) is 56.3 Å². The molecule has 2 aromatic heterocycles. The topological polar surface area (TPSA) is 108 Å². The van der Waals surface area contributed by atoms with Gasteiger partial charge in [-0.15, -0.1) is 0 Å². The number of ether oxygens (including phenoxy) is 3. The SMILES string of the molecule is CCc1ncnc(-c2cccnc2Oc2cc(C(=O)Nc3cc(Oc4ccccc4)ccc3OC)ccc2C)n1. The Morgan fingerprint density at radius 1 is 0.850 bits per heavy atom. The molecule has 2 heterocycles. The molecular weight excluding hydrogens is 506 g/mol. The van der Waals surface area contributed by atoms with Crippen LogP contribution in [0.3, 0.4) is 0 Å². The van der Waals surface area contributed by atoms with E-state index in [-0.39, 0.29) is 5.91 Å². The number of hydrogen-bond donors (Lipinski definition) is 1. The van der Waals surface area contributed by atoms with Gasteiger partial charge in [-0.2, -0.15) is 0 Å². The van der Waals surface area contributed by atoms with Gasteiger partial charge in [-0.3, -0.25) is 4.79 Å². The summed E-state index contributed by atoms with van der Waals surface area (Å²) in [5.41, 5.74) is 2.31. The van der Waals surface area contributed by atoms with Crippen LogP contribution in [0, 0.1) is 6.92 Å². The van der Waals surface area contributed by atoms with Crippen LogP contribution < -0.4 is 19.5 Å². The van der Waals surface area contributed by atoms with Crippen LogP contribution in [0.2, 0.25) is 0 Å². The van der Waals surface area contributed by atoms with Gasteiger partial charge >= 0.3 is 0 Å². The summed E-state index contributed by atoms with van der Waals surface area (Å²) in [5.74, 6) is 3.33. The summed E-state index contributed by atoms with van der Waals surface area (Å²) in [6.07, 6.45) is 3.78. The number of rotatable bonds is 9. The summed E-state index contributed by atoms with van der Waals surface area (Å²) in [7, 11) is 1.54. The first-order valence-electron chi connectivity index (χ1n) is 12.7. The number of para-hydroxylation sites is 1. The van der Waals surface area contributed by atoms with Gasteiger partial charge in [-0.05, 0) is 61.0 Å². The van der Waals surface area contributed by atoms with Crippen molar-refractivity contribution in [2.75, 3.05) is 12.4 Å². The maximum atomic E-state index is 13.3. The van der Waals surface area contributed by atoms with Crippen molar-refractivity contribution in [3.8, 4) is 40.3 Å². The number of hydrogen-bond acceptors (Lipinski definition) is 8. The fourth-order valence-electron chi connectivity index (χ4n) is 3.90. The summed E-state index contributed by atoms with van der Waals surface area (Å²) in [6.45, 7) is 3.87. The molecule has 1 N–H and O–H groups in total. The number of amides is 1. The normalized spacial score (nSPS) is 10.6. The number of nitrogens with zero attached hydrogens (tertiary/aromatic N) is 4. The van der Waals surface area contributed by atoms with Gasteiger partial charge in [0.2, 0.25) is 5.88 Å². The maximum Gasteiger partial charge on any atom is 0.255 e. The van der Waals surface area contributed by atoms with Crippen LogP contribution in [-0.2, 0) is 6.42 Å². The molecule has 0 saturated carbocycles. The Kier molecular flexibility index (Phi) is 7.92. The van der Waals surface area contributed by atoms with Crippen molar-refractivity contribution in [1.82, 2.24) is 19.9 Å². The van der Waals surface area contributed by atoms with E-state index in [1.54, 1.807) is 49.7 Å². The van der Waals surface area contributed by atoms with Crippen LogP contribution in [0.15, 0.2) is 91.4 Å². The predicted molar refractivity (Wildman–Crippen MR) is 151 cm³/mol. The summed E-state index contributed by atoms with van der Waals surface area (Å²) in [5, 5.41) is 2.92. The van der Waals surface area contributed by atoms with Gasteiger partial charge < -0.3 is 19.5 Å². The van der Waals surface area contributed by atoms with E-state index in [0.29, 0.717) is 63.8 Å². The number of benzene rings is 3. The number of pyridine rings is 1. The molecule has 40 heavy (non-hydrogen) atoms.